The van der Waals surface area contributed by atoms with Gasteiger partial charge in [0.15, 0.2) is 0 Å². The van der Waals surface area contributed by atoms with Crippen LogP contribution >= 0.6 is 11.6 Å². The van der Waals surface area contributed by atoms with Gasteiger partial charge in [0.1, 0.15) is 5.15 Å². The molecule has 6 heteroatoms. The van der Waals surface area contributed by atoms with Crippen LogP contribution in [0.2, 0.25) is 5.15 Å². The normalized spacial score (nSPS) is 22.7. The fourth-order valence-corrected chi connectivity index (χ4v) is 4.24. The van der Waals surface area contributed by atoms with Crippen molar-refractivity contribution in [2.24, 2.45) is 0 Å². The maximum atomic E-state index is 12.5. The van der Waals surface area contributed by atoms with Gasteiger partial charge in [-0.3, -0.25) is 0 Å². The third-order valence-electron chi connectivity index (χ3n) is 3.30. The van der Waals surface area contributed by atoms with Crippen LogP contribution < -0.4 is 0 Å². The number of pyridine rings is 1. The lowest BCUT2D eigenvalue weighted by Gasteiger charge is -2.26. The molecule has 0 aromatic carbocycles. The topological polar surface area (TPSA) is 50.3 Å². The van der Waals surface area contributed by atoms with Crippen molar-refractivity contribution in [3.05, 3.63) is 23.5 Å². The third-order valence-corrected chi connectivity index (χ3v) is 5.51. The Kier molecular flexibility index (Phi) is 4.25. The van der Waals surface area contributed by atoms with Crippen LogP contribution in [0.5, 0.6) is 0 Å². The molecule has 4 nitrogen and oxygen atoms in total. The van der Waals surface area contributed by atoms with Crippen LogP contribution in [0.4, 0.5) is 0 Å². The first-order chi connectivity index (χ1) is 8.51. The van der Waals surface area contributed by atoms with Crippen molar-refractivity contribution in [3.8, 4) is 0 Å². The van der Waals surface area contributed by atoms with E-state index >= 15 is 0 Å². The summed E-state index contributed by atoms with van der Waals surface area (Å²) in [6.45, 7) is 2.55. The second kappa shape index (κ2) is 5.55. The van der Waals surface area contributed by atoms with Gasteiger partial charge in [-0.2, -0.15) is 4.31 Å². The van der Waals surface area contributed by atoms with Crippen molar-refractivity contribution < 1.29 is 8.42 Å². The minimum absolute atomic E-state index is 0.0458. The Hall–Kier alpha value is -0.650. The van der Waals surface area contributed by atoms with Gasteiger partial charge in [0, 0.05) is 18.8 Å². The van der Waals surface area contributed by atoms with Crippen LogP contribution in [0.1, 0.15) is 32.6 Å². The molecule has 0 saturated carbocycles. The van der Waals surface area contributed by atoms with E-state index in [0.29, 0.717) is 6.54 Å². The summed E-state index contributed by atoms with van der Waals surface area (Å²) in [4.78, 5) is 4.05. The van der Waals surface area contributed by atoms with E-state index in [9.17, 15) is 8.42 Å². The lowest BCUT2D eigenvalue weighted by molar-refractivity contribution is 0.342. The van der Waals surface area contributed by atoms with Gasteiger partial charge in [0.25, 0.3) is 0 Å². The maximum absolute atomic E-state index is 12.5. The largest absolute Gasteiger partial charge is 0.244 e. The molecule has 0 bridgehead atoms. The highest BCUT2D eigenvalue weighted by molar-refractivity contribution is 7.89. The molecule has 1 aromatic rings. The molecule has 0 radical (unpaired) electrons. The first-order valence-electron chi connectivity index (χ1n) is 6.15. The van der Waals surface area contributed by atoms with Crippen LogP contribution in [-0.4, -0.2) is 30.3 Å². The van der Waals surface area contributed by atoms with Gasteiger partial charge in [-0.15, -0.1) is 0 Å². The minimum atomic E-state index is -3.45. The standard InChI is InChI=1S/C12H17ClN2O2S/c1-10-5-3-2-4-8-15(10)18(16,17)11-6-7-14-12(13)9-11/h6-7,9-10H,2-5,8H2,1H3. The molecule has 1 aliphatic heterocycles. The highest BCUT2D eigenvalue weighted by Crippen LogP contribution is 2.25. The first-order valence-corrected chi connectivity index (χ1v) is 7.97. The third kappa shape index (κ3) is 2.84. The Morgan fingerprint density at radius 3 is 2.89 bits per heavy atom. The number of aromatic nitrogens is 1. The van der Waals surface area contributed by atoms with Gasteiger partial charge in [0.05, 0.1) is 4.90 Å². The molecule has 100 valence electrons. The van der Waals surface area contributed by atoms with Crippen LogP contribution in [-0.2, 0) is 10.0 Å². The van der Waals surface area contributed by atoms with Gasteiger partial charge < -0.3 is 0 Å². The van der Waals surface area contributed by atoms with Crippen molar-refractivity contribution in [2.75, 3.05) is 6.54 Å². The average Bonchev–Trinajstić information content (AvgIpc) is 2.54. The summed E-state index contributed by atoms with van der Waals surface area (Å²) in [5.74, 6) is 0. The summed E-state index contributed by atoms with van der Waals surface area (Å²) in [6.07, 6.45) is 5.44. The molecule has 0 amide bonds. The molecule has 18 heavy (non-hydrogen) atoms. The molecule has 1 atom stereocenters. The lowest BCUT2D eigenvalue weighted by Crippen LogP contribution is -2.38. The van der Waals surface area contributed by atoms with Crippen molar-refractivity contribution in [2.45, 2.75) is 43.5 Å². The Labute approximate surface area is 113 Å². The van der Waals surface area contributed by atoms with Gasteiger partial charge >= 0.3 is 0 Å². The minimum Gasteiger partial charge on any atom is -0.244 e. The van der Waals surface area contributed by atoms with Crippen LogP contribution in [0, 0.1) is 0 Å². The van der Waals surface area contributed by atoms with Crippen LogP contribution in [0.3, 0.4) is 0 Å². The number of halogens is 1. The molecular formula is C12H17ClN2O2S. The number of hydrogen-bond donors (Lipinski definition) is 0. The molecule has 1 aromatic heterocycles. The lowest BCUT2D eigenvalue weighted by atomic mass is 10.1. The quantitative estimate of drug-likeness (QED) is 0.786. The molecular weight excluding hydrogens is 272 g/mol. The van der Waals surface area contributed by atoms with Crippen molar-refractivity contribution in [3.63, 3.8) is 0 Å². The van der Waals surface area contributed by atoms with Crippen molar-refractivity contribution >= 4 is 21.6 Å². The summed E-state index contributed by atoms with van der Waals surface area (Å²) in [6, 6.07) is 2.96. The highest BCUT2D eigenvalue weighted by Gasteiger charge is 2.30. The van der Waals surface area contributed by atoms with Crippen molar-refractivity contribution in [1.82, 2.24) is 9.29 Å². The highest BCUT2D eigenvalue weighted by atomic mass is 35.5. The maximum Gasteiger partial charge on any atom is 0.243 e. The number of sulfonamides is 1. The molecule has 2 heterocycles. The molecule has 1 unspecified atom stereocenters. The molecule has 1 saturated heterocycles. The first kappa shape index (κ1) is 13.8. The van der Waals surface area contributed by atoms with E-state index in [2.05, 4.69) is 4.98 Å². The SMILES string of the molecule is CC1CCCCCN1S(=O)(=O)c1ccnc(Cl)c1. The number of hydrogen-bond acceptors (Lipinski definition) is 3. The molecule has 0 aliphatic carbocycles. The summed E-state index contributed by atoms with van der Waals surface area (Å²) in [7, 11) is -3.45. The molecule has 0 spiro atoms. The second-order valence-corrected chi connectivity index (χ2v) is 6.91. The van der Waals surface area contributed by atoms with E-state index in [1.165, 1.54) is 18.3 Å². The van der Waals surface area contributed by atoms with E-state index in [1.807, 2.05) is 6.92 Å². The van der Waals surface area contributed by atoms with Crippen molar-refractivity contribution in [1.29, 1.82) is 0 Å². The van der Waals surface area contributed by atoms with E-state index in [4.69, 9.17) is 11.6 Å². The predicted molar refractivity (Wildman–Crippen MR) is 71.1 cm³/mol. The Morgan fingerprint density at radius 2 is 2.17 bits per heavy atom. The zero-order valence-electron chi connectivity index (χ0n) is 10.3. The summed E-state index contributed by atoms with van der Waals surface area (Å²) in [5.41, 5.74) is 0. The van der Waals surface area contributed by atoms with E-state index in [1.54, 1.807) is 4.31 Å². The second-order valence-electron chi connectivity index (χ2n) is 4.63. The molecule has 1 aliphatic rings. The zero-order valence-corrected chi connectivity index (χ0v) is 11.9. The molecule has 1 fully saturated rings. The van der Waals surface area contributed by atoms with Gasteiger partial charge in [-0.05, 0) is 31.9 Å². The average molecular weight is 289 g/mol. The van der Waals surface area contributed by atoms with Gasteiger partial charge in [0.2, 0.25) is 10.0 Å². The zero-order chi connectivity index (χ0) is 13.2. The summed E-state index contributed by atoms with van der Waals surface area (Å²) >= 11 is 5.76. The van der Waals surface area contributed by atoms with E-state index in [0.717, 1.165) is 25.7 Å². The molecule has 0 N–H and O–H groups in total. The fraction of sp³-hybridized carbons (Fsp3) is 0.583. The Balaban J connectivity index is 2.35. The number of rotatable bonds is 2. The molecule has 2 rings (SSSR count). The summed E-state index contributed by atoms with van der Waals surface area (Å²) in [5, 5.41) is 0.207. The van der Waals surface area contributed by atoms with E-state index in [-0.39, 0.29) is 16.1 Å². The van der Waals surface area contributed by atoms with E-state index < -0.39 is 10.0 Å². The fourth-order valence-electron chi connectivity index (χ4n) is 2.29. The summed E-state index contributed by atoms with van der Waals surface area (Å²) < 4.78 is 26.7. The predicted octanol–water partition coefficient (Wildman–Crippen LogP) is 2.69. The Morgan fingerprint density at radius 1 is 1.39 bits per heavy atom. The van der Waals surface area contributed by atoms with Crippen LogP contribution in [0.15, 0.2) is 23.2 Å². The van der Waals surface area contributed by atoms with Crippen LogP contribution in [0.25, 0.3) is 0 Å². The van der Waals surface area contributed by atoms with Gasteiger partial charge in [-0.1, -0.05) is 24.4 Å². The Bertz CT molecular complexity index is 519. The van der Waals surface area contributed by atoms with Gasteiger partial charge in [-0.25, -0.2) is 13.4 Å². The monoisotopic (exact) mass is 288 g/mol. The smallest absolute Gasteiger partial charge is 0.243 e. The number of nitrogens with zero attached hydrogens (tertiary/aromatic N) is 2.